The van der Waals surface area contributed by atoms with E-state index in [0.717, 1.165) is 30.7 Å². The van der Waals surface area contributed by atoms with Crippen LogP contribution in [0.25, 0.3) is 0 Å². The Labute approximate surface area is 116 Å². The van der Waals surface area contributed by atoms with Crippen LogP contribution in [0.2, 0.25) is 4.34 Å². The van der Waals surface area contributed by atoms with Crippen LogP contribution in [-0.2, 0) is 10.0 Å². The minimum atomic E-state index is -3.35. The topological polar surface area (TPSA) is 49.4 Å². The van der Waals surface area contributed by atoms with Crippen LogP contribution < -0.4 is 5.32 Å². The van der Waals surface area contributed by atoms with Gasteiger partial charge in [0.1, 0.15) is 4.21 Å². The molecule has 0 bridgehead atoms. The van der Waals surface area contributed by atoms with Crippen molar-refractivity contribution in [3.63, 3.8) is 0 Å². The second kappa shape index (κ2) is 4.76. The number of nitrogens with zero attached hydrogens (tertiary/aromatic N) is 1. The van der Waals surface area contributed by atoms with Gasteiger partial charge in [0.15, 0.2) is 0 Å². The number of fused-ring (bicyclic) bond motifs is 1. The van der Waals surface area contributed by atoms with Crippen molar-refractivity contribution in [3.8, 4) is 0 Å². The molecule has 7 heteroatoms. The Bertz CT molecular complexity index is 529. The first-order valence-electron chi connectivity index (χ1n) is 6.06. The van der Waals surface area contributed by atoms with Gasteiger partial charge in [-0.2, -0.15) is 4.31 Å². The van der Waals surface area contributed by atoms with E-state index in [1.165, 1.54) is 0 Å². The maximum Gasteiger partial charge on any atom is 0.252 e. The van der Waals surface area contributed by atoms with Crippen molar-refractivity contribution in [1.82, 2.24) is 9.62 Å². The molecule has 1 N–H and O–H groups in total. The largest absolute Gasteiger partial charge is 0.312 e. The van der Waals surface area contributed by atoms with Crippen LogP contribution in [0.3, 0.4) is 0 Å². The first-order valence-corrected chi connectivity index (χ1v) is 8.70. The summed E-state index contributed by atoms with van der Waals surface area (Å²) in [6, 6.07) is 3.56. The molecule has 2 fully saturated rings. The lowest BCUT2D eigenvalue weighted by Crippen LogP contribution is -2.41. The van der Waals surface area contributed by atoms with Crippen LogP contribution in [0.15, 0.2) is 16.3 Å². The van der Waals surface area contributed by atoms with E-state index < -0.39 is 10.0 Å². The van der Waals surface area contributed by atoms with Gasteiger partial charge in [0.2, 0.25) is 0 Å². The fourth-order valence-corrected chi connectivity index (χ4v) is 5.93. The SMILES string of the molecule is O=S(=O)(c1ccc(Cl)s1)N1CC2CCCNC2C1. The summed E-state index contributed by atoms with van der Waals surface area (Å²) < 4.78 is 27.4. The molecule has 2 aliphatic heterocycles. The number of hydrogen-bond acceptors (Lipinski definition) is 4. The lowest BCUT2D eigenvalue weighted by molar-refractivity contribution is 0.339. The third-order valence-electron chi connectivity index (χ3n) is 3.71. The summed E-state index contributed by atoms with van der Waals surface area (Å²) in [7, 11) is -3.35. The Morgan fingerprint density at radius 2 is 2.22 bits per heavy atom. The predicted molar refractivity (Wildman–Crippen MR) is 72.6 cm³/mol. The molecule has 2 saturated heterocycles. The van der Waals surface area contributed by atoms with Gasteiger partial charge in [-0.3, -0.25) is 0 Å². The Hall–Kier alpha value is -0.140. The van der Waals surface area contributed by atoms with Gasteiger partial charge in [0.05, 0.1) is 4.34 Å². The van der Waals surface area contributed by atoms with Gasteiger partial charge in [0.25, 0.3) is 10.0 Å². The summed E-state index contributed by atoms with van der Waals surface area (Å²) in [5.74, 6) is 0.462. The van der Waals surface area contributed by atoms with E-state index in [-0.39, 0.29) is 0 Å². The second-order valence-corrected chi connectivity index (χ2v) is 8.72. The van der Waals surface area contributed by atoms with Gasteiger partial charge in [-0.15, -0.1) is 11.3 Å². The number of sulfonamides is 1. The highest BCUT2D eigenvalue weighted by Crippen LogP contribution is 2.33. The molecule has 1 aromatic heterocycles. The summed E-state index contributed by atoms with van der Waals surface area (Å²) in [4.78, 5) is 0. The quantitative estimate of drug-likeness (QED) is 0.906. The van der Waals surface area contributed by atoms with E-state index in [1.54, 1.807) is 16.4 Å². The van der Waals surface area contributed by atoms with Gasteiger partial charge in [0, 0.05) is 19.1 Å². The summed E-state index contributed by atoms with van der Waals surface area (Å²) in [5, 5.41) is 3.41. The molecule has 100 valence electrons. The third-order valence-corrected chi connectivity index (χ3v) is 7.24. The van der Waals surface area contributed by atoms with Crippen molar-refractivity contribution in [2.24, 2.45) is 5.92 Å². The van der Waals surface area contributed by atoms with Crippen molar-refractivity contribution in [1.29, 1.82) is 0 Å². The van der Waals surface area contributed by atoms with Crippen LogP contribution in [0, 0.1) is 5.92 Å². The van der Waals surface area contributed by atoms with Gasteiger partial charge < -0.3 is 5.32 Å². The van der Waals surface area contributed by atoms with Crippen LogP contribution in [0.4, 0.5) is 0 Å². The number of rotatable bonds is 2. The third kappa shape index (κ3) is 2.20. The molecule has 4 nitrogen and oxygen atoms in total. The van der Waals surface area contributed by atoms with E-state index in [9.17, 15) is 8.42 Å². The maximum atomic E-state index is 12.4. The van der Waals surface area contributed by atoms with Crippen molar-refractivity contribution < 1.29 is 8.42 Å². The van der Waals surface area contributed by atoms with Crippen LogP contribution >= 0.6 is 22.9 Å². The normalized spacial score (nSPS) is 29.4. The lowest BCUT2D eigenvalue weighted by Gasteiger charge is -2.24. The number of piperidine rings is 1. The molecule has 2 unspecified atom stereocenters. The molecule has 0 aromatic carbocycles. The van der Waals surface area contributed by atoms with E-state index in [4.69, 9.17) is 11.6 Å². The molecule has 18 heavy (non-hydrogen) atoms. The zero-order valence-electron chi connectivity index (χ0n) is 9.80. The van der Waals surface area contributed by atoms with Gasteiger partial charge >= 0.3 is 0 Å². The zero-order chi connectivity index (χ0) is 12.8. The van der Waals surface area contributed by atoms with Crippen LogP contribution in [-0.4, -0.2) is 38.4 Å². The molecule has 3 heterocycles. The molecule has 0 saturated carbocycles. The molecular weight excluding hydrogens is 292 g/mol. The fraction of sp³-hybridized carbons (Fsp3) is 0.636. The van der Waals surface area contributed by atoms with E-state index >= 15 is 0 Å². The molecule has 2 atom stereocenters. The smallest absolute Gasteiger partial charge is 0.252 e. The first kappa shape index (κ1) is 12.9. The molecule has 3 rings (SSSR count). The highest BCUT2D eigenvalue weighted by Gasteiger charge is 2.40. The van der Waals surface area contributed by atoms with Crippen molar-refractivity contribution in [2.45, 2.75) is 23.1 Å². The summed E-state index contributed by atoms with van der Waals surface area (Å²) >= 11 is 6.95. The average Bonchev–Trinajstić information content (AvgIpc) is 2.94. The van der Waals surface area contributed by atoms with E-state index in [1.807, 2.05) is 0 Å². The minimum absolute atomic E-state index is 0.323. The average molecular weight is 307 g/mol. The molecule has 1 aromatic rings. The van der Waals surface area contributed by atoms with E-state index in [2.05, 4.69) is 5.32 Å². The van der Waals surface area contributed by atoms with E-state index in [0.29, 0.717) is 33.6 Å². The van der Waals surface area contributed by atoms with Crippen LogP contribution in [0.5, 0.6) is 0 Å². The summed E-state index contributed by atoms with van der Waals surface area (Å²) in [5.41, 5.74) is 0. The molecule has 0 aliphatic carbocycles. The second-order valence-electron chi connectivity index (χ2n) is 4.84. The fourth-order valence-electron chi connectivity index (χ4n) is 2.77. The van der Waals surface area contributed by atoms with Gasteiger partial charge in [-0.1, -0.05) is 11.6 Å². The monoisotopic (exact) mass is 306 g/mol. The highest BCUT2D eigenvalue weighted by molar-refractivity contribution is 7.91. The number of hydrogen-bond donors (Lipinski definition) is 1. The molecular formula is C11H15ClN2O2S2. The first-order chi connectivity index (χ1) is 8.57. The molecule has 0 amide bonds. The Morgan fingerprint density at radius 1 is 1.39 bits per heavy atom. The van der Waals surface area contributed by atoms with Gasteiger partial charge in [-0.05, 0) is 37.4 Å². The number of nitrogens with one attached hydrogen (secondary N) is 1. The number of thiophene rings is 1. The zero-order valence-corrected chi connectivity index (χ0v) is 12.2. The summed E-state index contributed by atoms with van der Waals surface area (Å²) in [6.45, 7) is 2.22. The standard InChI is InChI=1S/C11H15ClN2O2S2/c12-10-3-4-11(17-10)18(15,16)14-6-8-2-1-5-13-9(8)7-14/h3-4,8-9,13H,1-2,5-7H2. The molecule has 2 aliphatic rings. The lowest BCUT2D eigenvalue weighted by atomic mass is 9.94. The minimum Gasteiger partial charge on any atom is -0.312 e. The molecule has 0 spiro atoms. The number of halogens is 1. The van der Waals surface area contributed by atoms with Crippen molar-refractivity contribution in [3.05, 3.63) is 16.5 Å². The highest BCUT2D eigenvalue weighted by atomic mass is 35.5. The van der Waals surface area contributed by atoms with Crippen LogP contribution in [0.1, 0.15) is 12.8 Å². The predicted octanol–water partition coefficient (Wildman–Crippen LogP) is 1.77. The van der Waals surface area contributed by atoms with Crippen molar-refractivity contribution in [2.75, 3.05) is 19.6 Å². The maximum absolute atomic E-state index is 12.4. The van der Waals surface area contributed by atoms with Gasteiger partial charge in [-0.25, -0.2) is 8.42 Å². The Balaban J connectivity index is 1.83. The summed E-state index contributed by atoms with van der Waals surface area (Å²) in [6.07, 6.45) is 2.26. The molecule has 0 radical (unpaired) electrons. The Morgan fingerprint density at radius 3 is 2.89 bits per heavy atom. The Kier molecular flexibility index (Phi) is 3.40. The van der Waals surface area contributed by atoms with Crippen molar-refractivity contribution >= 4 is 33.0 Å².